The zero-order chi connectivity index (χ0) is 11.3. The Morgan fingerprint density at radius 3 is 2.73 bits per heavy atom. The quantitative estimate of drug-likeness (QED) is 0.535. The Bertz CT molecular complexity index is 234. The summed E-state index contributed by atoms with van der Waals surface area (Å²) in [5, 5.41) is 0. The van der Waals surface area contributed by atoms with Crippen molar-refractivity contribution in [1.82, 2.24) is 4.90 Å². The lowest BCUT2D eigenvalue weighted by atomic mass is 9.75. The van der Waals surface area contributed by atoms with Gasteiger partial charge >= 0.3 is 0 Å². The van der Waals surface area contributed by atoms with E-state index in [4.69, 9.17) is 5.73 Å². The van der Waals surface area contributed by atoms with Crippen LogP contribution in [0.1, 0.15) is 38.5 Å². The number of carbonyl (C=O) groups excluding carboxylic acids is 1. The number of unbranched alkanes of at least 4 members (excludes halogenated alkanes) is 1. The number of hydrogen-bond donors (Lipinski definition) is 1. The van der Waals surface area contributed by atoms with Gasteiger partial charge in [-0.15, -0.1) is 6.58 Å². The summed E-state index contributed by atoms with van der Waals surface area (Å²) in [7, 11) is 1.85. The Balaban J connectivity index is 2.23. The number of rotatable bonds is 6. The minimum absolute atomic E-state index is 0.182. The molecular formula is C12H22N2O. The van der Waals surface area contributed by atoms with Crippen molar-refractivity contribution in [2.45, 2.75) is 44.1 Å². The van der Waals surface area contributed by atoms with Gasteiger partial charge in [-0.25, -0.2) is 0 Å². The number of nitrogens with two attached hydrogens (primary N) is 1. The van der Waals surface area contributed by atoms with Gasteiger partial charge in [0.25, 0.3) is 0 Å². The number of allylic oxidation sites excluding steroid dienone is 1. The summed E-state index contributed by atoms with van der Waals surface area (Å²) in [6, 6.07) is 0. The summed E-state index contributed by atoms with van der Waals surface area (Å²) in [6.45, 7) is 4.47. The Morgan fingerprint density at radius 2 is 2.27 bits per heavy atom. The van der Waals surface area contributed by atoms with Crippen molar-refractivity contribution in [2.24, 2.45) is 5.73 Å². The lowest BCUT2D eigenvalue weighted by Crippen LogP contribution is -2.50. The largest absolute Gasteiger partial charge is 0.346 e. The Kier molecular flexibility index (Phi) is 4.33. The first-order valence-corrected chi connectivity index (χ1v) is 5.71. The van der Waals surface area contributed by atoms with Crippen molar-refractivity contribution < 1.29 is 4.79 Å². The minimum atomic E-state index is -0.191. The number of hydrogen-bond acceptors (Lipinski definition) is 2. The van der Waals surface area contributed by atoms with Crippen molar-refractivity contribution in [3.63, 3.8) is 0 Å². The molecule has 0 spiro atoms. The number of carbonyl (C=O) groups is 1. The first-order chi connectivity index (χ1) is 7.07. The maximum atomic E-state index is 11.8. The lowest BCUT2D eigenvalue weighted by molar-refractivity contribution is -0.132. The predicted octanol–water partition coefficient (Wildman–Crippen LogP) is 1.68. The van der Waals surface area contributed by atoms with E-state index in [1.807, 2.05) is 13.1 Å². The van der Waals surface area contributed by atoms with Gasteiger partial charge in [-0.05, 0) is 32.1 Å². The molecule has 0 bridgehead atoms. The second-order valence-corrected chi connectivity index (χ2v) is 4.64. The summed E-state index contributed by atoms with van der Waals surface area (Å²) < 4.78 is 0. The van der Waals surface area contributed by atoms with Crippen LogP contribution in [0.5, 0.6) is 0 Å². The fraction of sp³-hybridized carbons (Fsp3) is 0.750. The van der Waals surface area contributed by atoms with Crippen LogP contribution in [0.15, 0.2) is 12.7 Å². The normalized spacial score (nSPS) is 18.0. The highest BCUT2D eigenvalue weighted by Crippen LogP contribution is 2.32. The van der Waals surface area contributed by atoms with Crippen molar-refractivity contribution in [1.29, 1.82) is 0 Å². The molecule has 86 valence electrons. The average Bonchev–Trinajstić information content (AvgIpc) is 2.15. The van der Waals surface area contributed by atoms with E-state index in [2.05, 4.69) is 6.58 Å². The first-order valence-electron chi connectivity index (χ1n) is 5.71. The summed E-state index contributed by atoms with van der Waals surface area (Å²) in [5.74, 6) is 0.182. The zero-order valence-electron chi connectivity index (χ0n) is 9.67. The monoisotopic (exact) mass is 210 g/mol. The first kappa shape index (κ1) is 12.2. The third-order valence-corrected chi connectivity index (χ3v) is 3.18. The molecule has 15 heavy (non-hydrogen) atoms. The van der Waals surface area contributed by atoms with E-state index in [9.17, 15) is 4.79 Å². The number of nitrogens with zero attached hydrogens (tertiary/aromatic N) is 1. The van der Waals surface area contributed by atoms with Gasteiger partial charge in [0.05, 0.1) is 0 Å². The molecule has 1 amide bonds. The van der Waals surface area contributed by atoms with Crippen LogP contribution in [-0.4, -0.2) is 29.9 Å². The van der Waals surface area contributed by atoms with Crippen LogP contribution < -0.4 is 5.73 Å². The Labute approximate surface area is 92.3 Å². The highest BCUT2D eigenvalue weighted by atomic mass is 16.2. The maximum Gasteiger partial charge on any atom is 0.224 e. The molecule has 1 aliphatic carbocycles. The van der Waals surface area contributed by atoms with E-state index in [1.54, 1.807) is 4.90 Å². The molecule has 3 heteroatoms. The van der Waals surface area contributed by atoms with Crippen LogP contribution in [0.2, 0.25) is 0 Å². The zero-order valence-corrected chi connectivity index (χ0v) is 9.67. The van der Waals surface area contributed by atoms with Crippen LogP contribution in [-0.2, 0) is 4.79 Å². The molecule has 0 aromatic rings. The molecule has 0 aromatic carbocycles. The summed E-state index contributed by atoms with van der Waals surface area (Å²) in [5.41, 5.74) is 5.84. The maximum absolute atomic E-state index is 11.8. The molecule has 0 unspecified atom stereocenters. The van der Waals surface area contributed by atoms with Gasteiger partial charge in [0.1, 0.15) is 0 Å². The van der Waals surface area contributed by atoms with Gasteiger partial charge in [-0.2, -0.15) is 0 Å². The molecule has 0 aromatic heterocycles. The van der Waals surface area contributed by atoms with E-state index in [0.717, 1.165) is 32.2 Å². The average molecular weight is 210 g/mol. The van der Waals surface area contributed by atoms with Crippen LogP contribution in [0.25, 0.3) is 0 Å². The molecule has 0 heterocycles. The molecule has 3 nitrogen and oxygen atoms in total. The van der Waals surface area contributed by atoms with Crippen molar-refractivity contribution in [2.75, 3.05) is 13.6 Å². The van der Waals surface area contributed by atoms with Gasteiger partial charge in [0.2, 0.25) is 5.91 Å². The van der Waals surface area contributed by atoms with E-state index in [1.165, 1.54) is 6.42 Å². The lowest BCUT2D eigenvalue weighted by Gasteiger charge is -2.38. The predicted molar refractivity (Wildman–Crippen MR) is 62.5 cm³/mol. The second-order valence-electron chi connectivity index (χ2n) is 4.64. The van der Waals surface area contributed by atoms with Gasteiger partial charge in [0, 0.05) is 25.6 Å². The van der Waals surface area contributed by atoms with E-state index in [-0.39, 0.29) is 11.4 Å². The van der Waals surface area contributed by atoms with E-state index in [0.29, 0.717) is 6.42 Å². The fourth-order valence-corrected chi connectivity index (χ4v) is 1.84. The molecule has 0 aliphatic heterocycles. The summed E-state index contributed by atoms with van der Waals surface area (Å²) >= 11 is 0. The highest BCUT2D eigenvalue weighted by molar-refractivity contribution is 5.77. The van der Waals surface area contributed by atoms with Crippen LogP contribution in [0.4, 0.5) is 0 Å². The molecule has 1 fully saturated rings. The highest BCUT2D eigenvalue weighted by Gasteiger charge is 2.35. The summed E-state index contributed by atoms with van der Waals surface area (Å²) in [6.07, 6.45) is 7.52. The molecule has 1 rings (SSSR count). The molecule has 0 radical (unpaired) electrons. The van der Waals surface area contributed by atoms with Crippen LogP contribution >= 0.6 is 0 Å². The van der Waals surface area contributed by atoms with Gasteiger partial charge in [-0.3, -0.25) is 4.79 Å². The van der Waals surface area contributed by atoms with E-state index < -0.39 is 0 Å². The van der Waals surface area contributed by atoms with Gasteiger partial charge < -0.3 is 10.6 Å². The minimum Gasteiger partial charge on any atom is -0.346 e. The Hall–Kier alpha value is -0.830. The standard InChI is InChI=1S/C12H22N2O/c1-3-4-5-9-14(2)11(15)10-12(13)7-6-8-12/h3H,1,4-10,13H2,2H3. The van der Waals surface area contributed by atoms with Crippen molar-refractivity contribution in [3.8, 4) is 0 Å². The molecule has 0 saturated heterocycles. The summed E-state index contributed by atoms with van der Waals surface area (Å²) in [4.78, 5) is 13.6. The van der Waals surface area contributed by atoms with Gasteiger partial charge in [0.15, 0.2) is 0 Å². The molecular weight excluding hydrogens is 188 g/mol. The second kappa shape index (κ2) is 5.31. The SMILES string of the molecule is C=CCCCN(C)C(=O)CC1(N)CCC1. The van der Waals surface area contributed by atoms with Gasteiger partial charge in [-0.1, -0.05) is 6.08 Å². The van der Waals surface area contributed by atoms with E-state index >= 15 is 0 Å². The fourth-order valence-electron chi connectivity index (χ4n) is 1.84. The third-order valence-electron chi connectivity index (χ3n) is 3.18. The van der Waals surface area contributed by atoms with Crippen LogP contribution in [0, 0.1) is 0 Å². The van der Waals surface area contributed by atoms with Crippen LogP contribution in [0.3, 0.4) is 0 Å². The number of amides is 1. The van der Waals surface area contributed by atoms with Crippen molar-refractivity contribution in [3.05, 3.63) is 12.7 Å². The molecule has 1 aliphatic rings. The topological polar surface area (TPSA) is 46.3 Å². The molecule has 2 N–H and O–H groups in total. The van der Waals surface area contributed by atoms with Crippen molar-refractivity contribution >= 4 is 5.91 Å². The third kappa shape index (κ3) is 3.67. The Morgan fingerprint density at radius 1 is 1.60 bits per heavy atom. The molecule has 1 saturated carbocycles. The molecule has 0 atom stereocenters. The smallest absolute Gasteiger partial charge is 0.224 e.